The van der Waals surface area contributed by atoms with Gasteiger partial charge in [0.1, 0.15) is 0 Å². The van der Waals surface area contributed by atoms with E-state index in [9.17, 15) is 4.79 Å². The van der Waals surface area contributed by atoms with Crippen molar-refractivity contribution in [2.24, 2.45) is 5.73 Å². The van der Waals surface area contributed by atoms with Crippen molar-refractivity contribution in [2.45, 2.75) is 37.9 Å². The van der Waals surface area contributed by atoms with Gasteiger partial charge in [0.15, 0.2) is 0 Å². The number of nitrogens with two attached hydrogens (primary N) is 1. The largest absolute Gasteiger partial charge is 0.338 e. The van der Waals surface area contributed by atoms with E-state index in [0.717, 1.165) is 45.4 Å². The van der Waals surface area contributed by atoms with Gasteiger partial charge in [-0.2, -0.15) is 0 Å². The highest BCUT2D eigenvalue weighted by molar-refractivity contribution is 5.84. The summed E-state index contributed by atoms with van der Waals surface area (Å²) in [5, 5.41) is 0. The third-order valence-electron chi connectivity index (χ3n) is 4.53. The second-order valence-electron chi connectivity index (χ2n) is 5.92. The summed E-state index contributed by atoms with van der Waals surface area (Å²) < 4.78 is 0. The van der Waals surface area contributed by atoms with Crippen LogP contribution in [0.15, 0.2) is 30.3 Å². The van der Waals surface area contributed by atoms with E-state index >= 15 is 0 Å². The maximum atomic E-state index is 12.0. The van der Waals surface area contributed by atoms with Gasteiger partial charge in [0.25, 0.3) is 0 Å². The minimum atomic E-state index is -0.252. The fourth-order valence-corrected chi connectivity index (χ4v) is 3.32. The summed E-state index contributed by atoms with van der Waals surface area (Å²) in [6.45, 7) is 4.00. The molecule has 0 saturated carbocycles. The lowest BCUT2D eigenvalue weighted by atomic mass is 10.0. The van der Waals surface area contributed by atoms with Crippen LogP contribution in [0.4, 0.5) is 0 Å². The molecule has 2 fully saturated rings. The molecule has 1 aromatic rings. The van der Waals surface area contributed by atoms with Gasteiger partial charge in [-0.05, 0) is 24.8 Å². The van der Waals surface area contributed by atoms with Gasteiger partial charge in [-0.15, -0.1) is 0 Å². The monoisotopic (exact) mass is 273 g/mol. The lowest BCUT2D eigenvalue weighted by Gasteiger charge is -2.36. The Morgan fingerprint density at radius 3 is 2.35 bits per heavy atom. The Labute approximate surface area is 120 Å². The van der Waals surface area contributed by atoms with E-state index in [4.69, 9.17) is 5.73 Å². The highest BCUT2D eigenvalue weighted by Crippen LogP contribution is 2.22. The summed E-state index contributed by atoms with van der Waals surface area (Å²) in [6, 6.07) is 10.7. The zero-order chi connectivity index (χ0) is 13.9. The van der Waals surface area contributed by atoms with E-state index in [1.54, 1.807) is 0 Å². The average molecular weight is 273 g/mol. The van der Waals surface area contributed by atoms with Crippen molar-refractivity contribution in [3.05, 3.63) is 35.9 Å². The molecule has 4 nitrogen and oxygen atoms in total. The molecule has 2 aliphatic rings. The van der Waals surface area contributed by atoms with Gasteiger partial charge in [0, 0.05) is 32.2 Å². The smallest absolute Gasteiger partial charge is 0.239 e. The number of carbonyl (C=O) groups is 1. The predicted molar refractivity (Wildman–Crippen MR) is 79.0 cm³/mol. The van der Waals surface area contributed by atoms with E-state index in [1.165, 1.54) is 5.56 Å². The van der Waals surface area contributed by atoms with Crippen LogP contribution in [0.3, 0.4) is 0 Å². The number of likely N-dealkylation sites (tertiary alicyclic amines) is 2. The van der Waals surface area contributed by atoms with Gasteiger partial charge >= 0.3 is 0 Å². The van der Waals surface area contributed by atoms with Crippen molar-refractivity contribution in [1.29, 1.82) is 0 Å². The Kier molecular flexibility index (Phi) is 4.03. The van der Waals surface area contributed by atoms with Crippen molar-refractivity contribution in [2.75, 3.05) is 19.6 Å². The third kappa shape index (κ3) is 2.86. The van der Waals surface area contributed by atoms with Gasteiger partial charge in [0.05, 0.1) is 6.04 Å². The average Bonchev–Trinajstić information content (AvgIpc) is 2.81. The zero-order valence-electron chi connectivity index (χ0n) is 11.9. The van der Waals surface area contributed by atoms with Gasteiger partial charge in [-0.1, -0.05) is 30.3 Å². The molecule has 3 rings (SSSR count). The quantitative estimate of drug-likeness (QED) is 0.900. The molecule has 0 radical (unpaired) electrons. The topological polar surface area (TPSA) is 49.6 Å². The SMILES string of the molecule is N[C@@H]1CCN(C2CCN(Cc3ccccc3)CC2)C1=O. The summed E-state index contributed by atoms with van der Waals surface area (Å²) in [4.78, 5) is 16.5. The Balaban J connectivity index is 1.51. The molecular formula is C16H23N3O. The first kappa shape index (κ1) is 13.6. The first-order valence-corrected chi connectivity index (χ1v) is 7.56. The second-order valence-corrected chi connectivity index (χ2v) is 5.92. The molecule has 2 N–H and O–H groups in total. The van der Waals surface area contributed by atoms with Crippen LogP contribution in [-0.2, 0) is 11.3 Å². The first-order chi connectivity index (χ1) is 9.74. The van der Waals surface area contributed by atoms with Crippen molar-refractivity contribution in [1.82, 2.24) is 9.80 Å². The molecule has 1 aromatic carbocycles. The number of amides is 1. The van der Waals surface area contributed by atoms with Crippen molar-refractivity contribution in [3.8, 4) is 0 Å². The minimum Gasteiger partial charge on any atom is -0.338 e. The van der Waals surface area contributed by atoms with Crippen LogP contribution in [-0.4, -0.2) is 47.4 Å². The molecule has 0 spiro atoms. The third-order valence-corrected chi connectivity index (χ3v) is 4.53. The van der Waals surface area contributed by atoms with Crippen molar-refractivity contribution in [3.63, 3.8) is 0 Å². The lowest BCUT2D eigenvalue weighted by Crippen LogP contribution is -2.47. The number of benzene rings is 1. The first-order valence-electron chi connectivity index (χ1n) is 7.56. The van der Waals surface area contributed by atoms with Crippen LogP contribution in [0.2, 0.25) is 0 Å². The van der Waals surface area contributed by atoms with Gasteiger partial charge < -0.3 is 10.6 Å². The molecule has 1 atom stereocenters. The fourth-order valence-electron chi connectivity index (χ4n) is 3.32. The van der Waals surface area contributed by atoms with Gasteiger partial charge in [0.2, 0.25) is 5.91 Å². The van der Waals surface area contributed by atoms with Crippen LogP contribution in [0.25, 0.3) is 0 Å². The van der Waals surface area contributed by atoms with E-state index in [2.05, 4.69) is 35.2 Å². The van der Waals surface area contributed by atoms with E-state index in [1.807, 2.05) is 4.90 Å². The standard InChI is InChI=1S/C16H23N3O/c17-15-8-11-19(16(15)20)14-6-9-18(10-7-14)12-13-4-2-1-3-5-13/h1-5,14-15H,6-12,17H2/t15-/m1/s1. The second kappa shape index (κ2) is 5.94. The number of nitrogens with zero attached hydrogens (tertiary/aromatic N) is 2. The number of hydrogen-bond donors (Lipinski definition) is 1. The zero-order valence-corrected chi connectivity index (χ0v) is 11.9. The number of piperidine rings is 1. The summed E-state index contributed by atoms with van der Waals surface area (Å²) in [5.74, 6) is 0.159. The molecule has 0 unspecified atom stereocenters. The van der Waals surface area contributed by atoms with Gasteiger partial charge in [-0.3, -0.25) is 9.69 Å². The Morgan fingerprint density at radius 2 is 1.75 bits per heavy atom. The highest BCUT2D eigenvalue weighted by atomic mass is 16.2. The van der Waals surface area contributed by atoms with Gasteiger partial charge in [-0.25, -0.2) is 0 Å². The molecule has 2 saturated heterocycles. The summed E-state index contributed by atoms with van der Waals surface area (Å²) >= 11 is 0. The molecule has 108 valence electrons. The van der Waals surface area contributed by atoms with Crippen molar-refractivity contribution < 1.29 is 4.79 Å². The van der Waals surface area contributed by atoms with Crippen molar-refractivity contribution >= 4 is 5.91 Å². The lowest BCUT2D eigenvalue weighted by molar-refractivity contribution is -0.131. The molecule has 0 bridgehead atoms. The fraction of sp³-hybridized carbons (Fsp3) is 0.562. The summed E-state index contributed by atoms with van der Waals surface area (Å²) in [5.41, 5.74) is 7.17. The molecule has 20 heavy (non-hydrogen) atoms. The minimum absolute atomic E-state index is 0.159. The molecular weight excluding hydrogens is 250 g/mol. The molecule has 0 aromatic heterocycles. The van der Waals surface area contributed by atoms with Crippen LogP contribution in [0, 0.1) is 0 Å². The Bertz CT molecular complexity index is 454. The number of carbonyl (C=O) groups excluding carboxylic acids is 1. The molecule has 2 heterocycles. The Morgan fingerprint density at radius 1 is 1.05 bits per heavy atom. The normalized spacial score (nSPS) is 25.4. The van der Waals surface area contributed by atoms with Crippen LogP contribution >= 0.6 is 0 Å². The number of rotatable bonds is 3. The van der Waals surface area contributed by atoms with E-state index in [-0.39, 0.29) is 11.9 Å². The van der Waals surface area contributed by atoms with Crippen LogP contribution in [0.1, 0.15) is 24.8 Å². The van der Waals surface area contributed by atoms with E-state index in [0.29, 0.717) is 6.04 Å². The molecule has 2 aliphatic heterocycles. The molecule has 1 amide bonds. The van der Waals surface area contributed by atoms with Crippen LogP contribution in [0.5, 0.6) is 0 Å². The highest BCUT2D eigenvalue weighted by Gasteiger charge is 2.35. The molecule has 0 aliphatic carbocycles. The predicted octanol–water partition coefficient (Wildman–Crippen LogP) is 1.21. The maximum Gasteiger partial charge on any atom is 0.239 e. The van der Waals surface area contributed by atoms with E-state index < -0.39 is 0 Å². The Hall–Kier alpha value is -1.39. The summed E-state index contributed by atoms with van der Waals surface area (Å²) in [6.07, 6.45) is 2.97. The number of hydrogen-bond acceptors (Lipinski definition) is 3. The molecule has 4 heteroatoms. The summed E-state index contributed by atoms with van der Waals surface area (Å²) in [7, 11) is 0. The van der Waals surface area contributed by atoms with Crippen LogP contribution < -0.4 is 5.73 Å². The maximum absolute atomic E-state index is 12.0.